The molecule has 3 N–H and O–H groups in total. The van der Waals surface area contributed by atoms with Gasteiger partial charge in [0.05, 0.1) is 30.2 Å². The number of ether oxygens (including phenoxy) is 1. The zero-order valence-electron chi connectivity index (χ0n) is 28.8. The van der Waals surface area contributed by atoms with Crippen LogP contribution in [0.25, 0.3) is 28.1 Å². The number of aryl methyl sites for hydroxylation is 1. The number of nitrogens with zero attached hydrogens (tertiary/aromatic N) is 4. The zero-order chi connectivity index (χ0) is 33.9. The molecule has 9 heteroatoms. The van der Waals surface area contributed by atoms with Gasteiger partial charge < -0.3 is 20.4 Å². The molecule has 7 saturated carbocycles. The van der Waals surface area contributed by atoms with Gasteiger partial charge in [-0.15, -0.1) is 0 Å². The van der Waals surface area contributed by atoms with E-state index in [4.69, 9.17) is 20.4 Å². The highest BCUT2D eigenvalue weighted by atomic mass is 16.5. The van der Waals surface area contributed by atoms with E-state index in [1.807, 2.05) is 59.9 Å². The van der Waals surface area contributed by atoms with Crippen molar-refractivity contribution in [2.75, 3.05) is 7.11 Å². The number of carbonyl (C=O) groups is 2. The van der Waals surface area contributed by atoms with Crippen LogP contribution >= 0.6 is 0 Å². The smallest absolute Gasteiger partial charge is 0.251 e. The number of fused-ring (bicyclic) bond motifs is 3. The van der Waals surface area contributed by atoms with Crippen LogP contribution in [0.4, 0.5) is 0 Å². The van der Waals surface area contributed by atoms with Gasteiger partial charge in [0.2, 0.25) is 0 Å². The van der Waals surface area contributed by atoms with Crippen LogP contribution in [0.2, 0.25) is 0 Å². The first-order chi connectivity index (χ1) is 24.1. The second-order valence-corrected chi connectivity index (χ2v) is 17.0. The number of nitrogens with two attached hydrogens (primary N) is 1. The number of hydrogen-bond donors (Lipinski definition) is 2. The van der Waals surface area contributed by atoms with Crippen LogP contribution in [0, 0.1) is 40.4 Å². The van der Waals surface area contributed by atoms with Gasteiger partial charge in [-0.25, -0.2) is 9.97 Å². The average Bonchev–Trinajstić information content (AvgIpc) is 3.49. The molecular weight excluding hydrogens is 624 g/mol. The lowest BCUT2D eigenvalue weighted by Crippen LogP contribution is -2.54. The van der Waals surface area contributed by atoms with Crippen molar-refractivity contribution >= 4 is 28.4 Å². The van der Waals surface area contributed by atoms with Crippen molar-refractivity contribution in [2.45, 2.75) is 77.4 Å². The lowest BCUT2D eigenvalue weighted by Gasteiger charge is -2.62. The summed E-state index contributed by atoms with van der Waals surface area (Å²) in [6.45, 7) is 4.95. The van der Waals surface area contributed by atoms with E-state index in [0.29, 0.717) is 51.6 Å². The summed E-state index contributed by atoms with van der Waals surface area (Å²) in [5.74, 6) is 2.19. The number of rotatable bonds is 10. The Morgan fingerprint density at radius 1 is 1.04 bits per heavy atom. The molecule has 4 heterocycles. The fraction of sp³-hybridized carbons (Fsp3) is 0.463. The number of imidazole rings is 1. The van der Waals surface area contributed by atoms with Gasteiger partial charge in [0.25, 0.3) is 5.91 Å². The number of methoxy groups -OCH3 is 1. The van der Waals surface area contributed by atoms with Crippen molar-refractivity contribution in [3.63, 3.8) is 0 Å². The fourth-order valence-electron chi connectivity index (χ4n) is 12.2. The van der Waals surface area contributed by atoms with Crippen LogP contribution in [-0.2, 0) is 6.54 Å². The van der Waals surface area contributed by atoms with E-state index in [1.165, 1.54) is 25.7 Å². The monoisotopic (exact) mass is 666 g/mol. The molecule has 4 aromatic heterocycles. The Kier molecular flexibility index (Phi) is 5.40. The highest BCUT2D eigenvalue weighted by Gasteiger charge is 3.05. The van der Waals surface area contributed by atoms with Crippen molar-refractivity contribution in [3.05, 3.63) is 83.2 Å². The largest absolute Gasteiger partial charge is 0.482 e. The summed E-state index contributed by atoms with van der Waals surface area (Å²) in [5, 5.41) is 4.17. The summed E-state index contributed by atoms with van der Waals surface area (Å²) in [5.41, 5.74) is 14.3. The Balaban J connectivity index is 0.955. The minimum Gasteiger partial charge on any atom is -0.482 e. The molecule has 7 aliphatic carbocycles. The quantitative estimate of drug-likeness (QED) is 0.161. The summed E-state index contributed by atoms with van der Waals surface area (Å²) in [6, 6.07) is 19.6. The van der Waals surface area contributed by atoms with E-state index in [-0.39, 0.29) is 23.1 Å². The second kappa shape index (κ2) is 9.23. The molecule has 12 rings (SSSR count). The van der Waals surface area contributed by atoms with Gasteiger partial charge >= 0.3 is 0 Å². The molecule has 0 aliphatic heterocycles. The standard InChI is InChI=1S/C41H42N6O3/c1-22(43-37(49)25-7-5-4-6-8-25)28-10-9-26-11-29(46(36(26)44-28)21-38-15-24(16-38)17-38)35-23(2)47-33(45-35)12-27(13-34(47)50-3)30(48)18-39-19-40-20-41(39,40)31(39)14-32(40)42/h4-13,22,24,31-32H,14-21,42H2,1-3H3,(H,43,49)/t22-,24?,31-,32-,38?,39?,40+,41+/m1/s1. The molecule has 1 spiro atoms. The van der Waals surface area contributed by atoms with Gasteiger partial charge in [-0.2, -0.15) is 0 Å². The Bertz CT molecular complexity index is 2330. The first-order valence-corrected chi connectivity index (χ1v) is 18.3. The van der Waals surface area contributed by atoms with Gasteiger partial charge in [0.1, 0.15) is 17.0 Å². The molecule has 6 atom stereocenters. The van der Waals surface area contributed by atoms with Gasteiger partial charge in [-0.3, -0.25) is 14.0 Å². The number of aromatic nitrogens is 4. The number of Topliss-reactive ketones (excluding diaryl/α,β-unsaturated/α-hetero) is 1. The topological polar surface area (TPSA) is 117 Å². The number of pyridine rings is 2. The molecular formula is C41H42N6O3. The number of ketones is 1. The van der Waals surface area contributed by atoms with Gasteiger partial charge in [0, 0.05) is 41.6 Å². The highest BCUT2D eigenvalue weighted by Crippen LogP contribution is 3.08. The van der Waals surface area contributed by atoms with Crippen molar-refractivity contribution < 1.29 is 14.3 Å². The lowest BCUT2D eigenvalue weighted by atomic mass is 9.44. The first kappa shape index (κ1) is 29.3. The Morgan fingerprint density at radius 3 is 2.50 bits per heavy atom. The number of carbonyl (C=O) groups excluding carboxylic acids is 2. The third-order valence-electron chi connectivity index (χ3n) is 14.7. The van der Waals surface area contributed by atoms with Crippen LogP contribution in [0.3, 0.4) is 0 Å². The summed E-state index contributed by atoms with van der Waals surface area (Å²) >= 11 is 0. The molecule has 7 aliphatic rings. The van der Waals surface area contributed by atoms with Crippen LogP contribution in [0.15, 0.2) is 60.7 Å². The van der Waals surface area contributed by atoms with Gasteiger partial charge in [-0.1, -0.05) is 18.2 Å². The third kappa shape index (κ3) is 3.42. The highest BCUT2D eigenvalue weighted by molar-refractivity contribution is 5.99. The maximum Gasteiger partial charge on any atom is 0.251 e. The molecule has 5 aromatic rings. The number of hydrogen-bond acceptors (Lipinski definition) is 6. The molecule has 1 unspecified atom stereocenters. The van der Waals surface area contributed by atoms with E-state index in [0.717, 1.165) is 64.8 Å². The van der Waals surface area contributed by atoms with Crippen LogP contribution < -0.4 is 15.8 Å². The van der Waals surface area contributed by atoms with Crippen molar-refractivity contribution in [1.82, 2.24) is 24.3 Å². The van der Waals surface area contributed by atoms with Gasteiger partial charge in [-0.05, 0) is 122 Å². The molecule has 0 radical (unpaired) electrons. The normalized spacial score (nSPS) is 33.9. The van der Waals surface area contributed by atoms with Crippen LogP contribution in [0.1, 0.15) is 90.0 Å². The summed E-state index contributed by atoms with van der Waals surface area (Å²) in [7, 11) is 1.67. The summed E-state index contributed by atoms with van der Waals surface area (Å²) in [4.78, 5) is 37.3. The second-order valence-electron chi connectivity index (χ2n) is 17.0. The van der Waals surface area contributed by atoms with E-state index in [9.17, 15) is 9.59 Å². The lowest BCUT2D eigenvalue weighted by molar-refractivity contribution is -0.117. The van der Waals surface area contributed by atoms with E-state index in [1.54, 1.807) is 7.11 Å². The van der Waals surface area contributed by atoms with Crippen molar-refractivity contribution in [1.29, 1.82) is 0 Å². The molecule has 7 fully saturated rings. The predicted molar refractivity (Wildman–Crippen MR) is 189 cm³/mol. The molecule has 1 amide bonds. The Hall–Kier alpha value is -4.50. The summed E-state index contributed by atoms with van der Waals surface area (Å²) in [6.07, 6.45) is 7.84. The van der Waals surface area contributed by atoms with Crippen LogP contribution in [0.5, 0.6) is 5.88 Å². The molecule has 254 valence electrons. The van der Waals surface area contributed by atoms with Crippen molar-refractivity contribution in [3.8, 4) is 17.3 Å². The fourth-order valence-corrected chi connectivity index (χ4v) is 12.2. The first-order valence-electron chi connectivity index (χ1n) is 18.3. The predicted octanol–water partition coefficient (Wildman–Crippen LogP) is 6.66. The third-order valence-corrected chi connectivity index (χ3v) is 14.7. The zero-order valence-corrected chi connectivity index (χ0v) is 28.8. The van der Waals surface area contributed by atoms with Crippen molar-refractivity contribution in [2.24, 2.45) is 39.2 Å². The number of benzene rings is 1. The minimum absolute atomic E-state index is 0.117. The minimum atomic E-state index is -0.270. The van der Waals surface area contributed by atoms with E-state index >= 15 is 0 Å². The molecule has 1 aromatic carbocycles. The molecule has 2 bridgehead atoms. The summed E-state index contributed by atoms with van der Waals surface area (Å²) < 4.78 is 10.3. The SMILES string of the molecule is COc1cc(C(=O)CC23C[C@@]45C[C@]24[C@@H]3C[C@H]5N)cc2nc(-c3cc4ccc([C@@H](C)NC(=O)c5ccccc5)nc4n3CC34CC(C3)C4)c(C)n12. The Morgan fingerprint density at radius 2 is 1.84 bits per heavy atom. The Labute approximate surface area is 290 Å². The van der Waals surface area contributed by atoms with Gasteiger partial charge in [0.15, 0.2) is 11.7 Å². The number of amides is 1. The number of nitrogens with one attached hydrogen (secondary N) is 1. The maximum absolute atomic E-state index is 13.9. The molecule has 9 nitrogen and oxygen atoms in total. The molecule has 50 heavy (non-hydrogen) atoms. The maximum atomic E-state index is 13.9. The van der Waals surface area contributed by atoms with Crippen LogP contribution in [-0.4, -0.2) is 43.8 Å². The average molecular weight is 667 g/mol. The van der Waals surface area contributed by atoms with E-state index < -0.39 is 0 Å². The molecule has 0 saturated heterocycles. The van der Waals surface area contributed by atoms with E-state index in [2.05, 4.69) is 28.9 Å².